The van der Waals surface area contributed by atoms with Crippen LogP contribution in [-0.2, 0) is 9.53 Å². The molecule has 0 heterocycles. The van der Waals surface area contributed by atoms with E-state index in [4.69, 9.17) is 16.3 Å². The fraction of sp³-hybridized carbons (Fsp3) is 0.167. The summed E-state index contributed by atoms with van der Waals surface area (Å²) in [6.07, 6.45) is 0. The van der Waals surface area contributed by atoms with Gasteiger partial charge in [-0.3, -0.25) is 9.59 Å². The second-order valence-electron chi connectivity index (χ2n) is 3.37. The summed E-state index contributed by atoms with van der Waals surface area (Å²) in [7, 11) is 0. The topological polar surface area (TPSA) is 55.4 Å². The van der Waals surface area contributed by atoms with E-state index in [-0.39, 0.29) is 24.1 Å². The number of esters is 1. The third-order valence-corrected chi connectivity index (χ3v) is 2.47. The van der Waals surface area contributed by atoms with Crippen molar-refractivity contribution in [2.24, 2.45) is 0 Å². The summed E-state index contributed by atoms with van der Waals surface area (Å²) >= 11 is 8.69. The van der Waals surface area contributed by atoms with Gasteiger partial charge in [0.25, 0.3) is 5.91 Å². The summed E-state index contributed by atoms with van der Waals surface area (Å²) in [4.78, 5) is 22.9. The Labute approximate surface area is 118 Å². The van der Waals surface area contributed by atoms with E-state index in [9.17, 15) is 9.59 Å². The smallest absolute Gasteiger partial charge is 0.325 e. The van der Waals surface area contributed by atoms with Crippen LogP contribution >= 0.6 is 27.5 Å². The van der Waals surface area contributed by atoms with Gasteiger partial charge in [0.1, 0.15) is 13.2 Å². The van der Waals surface area contributed by atoms with Crippen molar-refractivity contribution in [1.82, 2.24) is 5.32 Å². The van der Waals surface area contributed by atoms with E-state index in [0.717, 1.165) is 4.47 Å². The van der Waals surface area contributed by atoms with Crippen LogP contribution in [0.25, 0.3) is 0 Å². The van der Waals surface area contributed by atoms with Gasteiger partial charge in [-0.25, -0.2) is 0 Å². The summed E-state index contributed by atoms with van der Waals surface area (Å²) in [5.74, 6) is -0.918. The molecule has 0 fully saturated rings. The van der Waals surface area contributed by atoms with Gasteiger partial charge in [-0.05, 0) is 18.2 Å². The van der Waals surface area contributed by atoms with Gasteiger partial charge in [0, 0.05) is 15.1 Å². The average Bonchev–Trinajstić information content (AvgIpc) is 2.33. The number of benzene rings is 1. The van der Waals surface area contributed by atoms with Gasteiger partial charge in [0.15, 0.2) is 0 Å². The highest BCUT2D eigenvalue weighted by atomic mass is 79.9. The van der Waals surface area contributed by atoms with E-state index in [0.29, 0.717) is 5.56 Å². The first-order chi connectivity index (χ1) is 8.49. The van der Waals surface area contributed by atoms with Crippen LogP contribution in [-0.4, -0.2) is 25.0 Å². The highest BCUT2D eigenvalue weighted by Gasteiger charge is 2.09. The van der Waals surface area contributed by atoms with Gasteiger partial charge in [0.2, 0.25) is 0 Å². The van der Waals surface area contributed by atoms with Crippen LogP contribution in [0, 0.1) is 0 Å². The molecule has 0 saturated carbocycles. The van der Waals surface area contributed by atoms with Crippen LogP contribution in [0.3, 0.4) is 0 Å². The standard InChI is InChI=1S/C12H11BrClNO3/c1-8(14)7-18-11(16)6-15-12(17)9-3-2-4-10(13)5-9/h2-5H,1,6-7H2,(H,15,17). The molecule has 0 aliphatic heterocycles. The van der Waals surface area contributed by atoms with Gasteiger partial charge in [0.05, 0.1) is 0 Å². The molecule has 6 heteroatoms. The molecular weight excluding hydrogens is 321 g/mol. The molecule has 1 N–H and O–H groups in total. The van der Waals surface area contributed by atoms with Crippen molar-refractivity contribution in [3.8, 4) is 0 Å². The number of carbonyl (C=O) groups is 2. The Morgan fingerprint density at radius 1 is 1.44 bits per heavy atom. The first-order valence-electron chi connectivity index (χ1n) is 5.01. The first-order valence-corrected chi connectivity index (χ1v) is 6.19. The fourth-order valence-corrected chi connectivity index (χ4v) is 1.55. The molecule has 96 valence electrons. The minimum absolute atomic E-state index is 0.0624. The molecule has 0 radical (unpaired) electrons. The Balaban J connectivity index is 2.42. The van der Waals surface area contributed by atoms with Gasteiger partial charge < -0.3 is 10.1 Å². The molecule has 1 aromatic carbocycles. The quantitative estimate of drug-likeness (QED) is 0.843. The summed E-state index contributed by atoms with van der Waals surface area (Å²) in [6, 6.07) is 6.83. The van der Waals surface area contributed by atoms with Crippen molar-refractivity contribution < 1.29 is 14.3 Å². The second-order valence-corrected chi connectivity index (χ2v) is 4.82. The number of nitrogens with one attached hydrogen (secondary N) is 1. The number of amides is 1. The van der Waals surface area contributed by atoms with E-state index in [1.807, 2.05) is 0 Å². The SMILES string of the molecule is C=C(Cl)COC(=O)CNC(=O)c1cccc(Br)c1. The van der Waals surface area contributed by atoms with Crippen LogP contribution in [0.15, 0.2) is 40.3 Å². The number of hydrogen-bond donors (Lipinski definition) is 1. The molecule has 0 spiro atoms. The maximum Gasteiger partial charge on any atom is 0.325 e. The maximum absolute atomic E-state index is 11.7. The van der Waals surface area contributed by atoms with Crippen molar-refractivity contribution in [2.75, 3.05) is 13.2 Å². The van der Waals surface area contributed by atoms with Gasteiger partial charge >= 0.3 is 5.97 Å². The lowest BCUT2D eigenvalue weighted by molar-refractivity contribution is -0.141. The van der Waals surface area contributed by atoms with Crippen LogP contribution in [0.1, 0.15) is 10.4 Å². The molecular formula is C12H11BrClNO3. The van der Waals surface area contributed by atoms with Gasteiger partial charge in [-0.15, -0.1) is 0 Å². The summed E-state index contributed by atoms with van der Waals surface area (Å²) < 4.78 is 5.51. The lowest BCUT2D eigenvalue weighted by Gasteiger charge is -2.06. The molecule has 1 amide bonds. The molecule has 1 aromatic rings. The molecule has 0 aliphatic rings. The summed E-state index contributed by atoms with van der Waals surface area (Å²) in [5, 5.41) is 2.67. The van der Waals surface area contributed by atoms with Crippen LogP contribution in [0.5, 0.6) is 0 Å². The van der Waals surface area contributed by atoms with Crippen molar-refractivity contribution in [2.45, 2.75) is 0 Å². The predicted octanol–water partition coefficient (Wildman–Crippen LogP) is 2.47. The number of carbonyl (C=O) groups excluding carboxylic acids is 2. The van der Waals surface area contributed by atoms with E-state index < -0.39 is 5.97 Å². The van der Waals surface area contributed by atoms with Crippen molar-refractivity contribution in [3.05, 3.63) is 45.9 Å². The zero-order valence-electron chi connectivity index (χ0n) is 9.41. The minimum Gasteiger partial charge on any atom is -0.459 e. The lowest BCUT2D eigenvalue weighted by Crippen LogP contribution is -2.30. The zero-order chi connectivity index (χ0) is 13.5. The molecule has 1 rings (SSSR count). The van der Waals surface area contributed by atoms with Crippen molar-refractivity contribution in [1.29, 1.82) is 0 Å². The van der Waals surface area contributed by atoms with E-state index in [2.05, 4.69) is 27.8 Å². The first kappa shape index (κ1) is 14.7. The Morgan fingerprint density at radius 2 is 2.17 bits per heavy atom. The molecule has 0 aliphatic carbocycles. The Bertz CT molecular complexity index is 476. The van der Waals surface area contributed by atoms with Crippen molar-refractivity contribution >= 4 is 39.4 Å². The summed E-state index contributed by atoms with van der Waals surface area (Å²) in [6.45, 7) is 3.10. The van der Waals surface area contributed by atoms with E-state index in [1.54, 1.807) is 24.3 Å². The Hall–Kier alpha value is -1.33. The van der Waals surface area contributed by atoms with Gasteiger partial charge in [-0.1, -0.05) is 40.2 Å². The Kier molecular flexibility index (Phi) is 5.88. The zero-order valence-corrected chi connectivity index (χ0v) is 11.8. The monoisotopic (exact) mass is 331 g/mol. The lowest BCUT2D eigenvalue weighted by atomic mass is 10.2. The molecule has 4 nitrogen and oxygen atoms in total. The Morgan fingerprint density at radius 3 is 2.78 bits per heavy atom. The normalized spacial score (nSPS) is 9.67. The maximum atomic E-state index is 11.7. The third-order valence-electron chi connectivity index (χ3n) is 1.87. The van der Waals surface area contributed by atoms with E-state index in [1.165, 1.54) is 0 Å². The third kappa shape index (κ3) is 5.33. The average molecular weight is 333 g/mol. The number of hydrogen-bond acceptors (Lipinski definition) is 3. The number of halogens is 2. The predicted molar refractivity (Wildman–Crippen MR) is 72.4 cm³/mol. The molecule has 0 unspecified atom stereocenters. The molecule has 0 saturated heterocycles. The van der Waals surface area contributed by atoms with Gasteiger partial charge in [-0.2, -0.15) is 0 Å². The fourth-order valence-electron chi connectivity index (χ4n) is 1.09. The molecule has 0 atom stereocenters. The van der Waals surface area contributed by atoms with E-state index >= 15 is 0 Å². The number of ether oxygens (including phenoxy) is 1. The number of rotatable bonds is 5. The minimum atomic E-state index is -0.569. The van der Waals surface area contributed by atoms with Crippen LogP contribution in [0.2, 0.25) is 0 Å². The molecule has 0 aromatic heterocycles. The highest BCUT2D eigenvalue weighted by Crippen LogP contribution is 2.11. The molecule has 0 bridgehead atoms. The van der Waals surface area contributed by atoms with Crippen molar-refractivity contribution in [3.63, 3.8) is 0 Å². The second kappa shape index (κ2) is 7.18. The summed E-state index contributed by atoms with van der Waals surface area (Å²) in [5.41, 5.74) is 0.457. The largest absolute Gasteiger partial charge is 0.459 e. The molecule has 18 heavy (non-hydrogen) atoms. The highest BCUT2D eigenvalue weighted by molar-refractivity contribution is 9.10. The van der Waals surface area contributed by atoms with Crippen LogP contribution < -0.4 is 5.32 Å². The van der Waals surface area contributed by atoms with Crippen LogP contribution in [0.4, 0.5) is 0 Å².